The minimum absolute atomic E-state index is 0.00309. The first kappa shape index (κ1) is 42.2. The quantitative estimate of drug-likeness (QED) is 0.0780. The minimum Gasteiger partial charge on any atom is -0.445 e. The summed E-state index contributed by atoms with van der Waals surface area (Å²) in [5.41, 5.74) is 0.427. The van der Waals surface area contributed by atoms with Crippen molar-refractivity contribution in [1.82, 2.24) is 21.3 Å². The first-order valence-corrected chi connectivity index (χ1v) is 20.5. The van der Waals surface area contributed by atoms with E-state index in [1.54, 1.807) is 76.2 Å². The van der Waals surface area contributed by atoms with Crippen molar-refractivity contribution in [2.45, 2.75) is 77.2 Å². The molecule has 12 nitrogen and oxygen atoms in total. The first-order valence-electron chi connectivity index (χ1n) is 18.4. The van der Waals surface area contributed by atoms with Gasteiger partial charge in [0.05, 0.1) is 11.3 Å². The van der Waals surface area contributed by atoms with Crippen LogP contribution in [0, 0.1) is 11.8 Å². The van der Waals surface area contributed by atoms with E-state index in [-0.39, 0.29) is 26.1 Å². The zero-order chi connectivity index (χ0) is 39.8. The van der Waals surface area contributed by atoms with Crippen LogP contribution in [0.5, 0.6) is 0 Å². The van der Waals surface area contributed by atoms with E-state index in [1.165, 1.54) is 0 Å². The Labute approximate surface area is 323 Å². The Kier molecular flexibility index (Phi) is 16.0. The lowest BCUT2D eigenvalue weighted by Crippen LogP contribution is -2.72. The monoisotopic (exact) mass is 768 g/mol. The van der Waals surface area contributed by atoms with E-state index in [0.29, 0.717) is 11.1 Å². The molecule has 0 unspecified atom stereocenters. The summed E-state index contributed by atoms with van der Waals surface area (Å²) in [5.74, 6) is -2.12. The second-order valence-corrected chi connectivity index (χ2v) is 17.1. The molecule has 4 amide bonds. The third kappa shape index (κ3) is 13.4. The molecule has 292 valence electrons. The van der Waals surface area contributed by atoms with E-state index in [9.17, 15) is 28.8 Å². The Hall–Kier alpha value is -5.50. The molecule has 0 aliphatic rings. The zero-order valence-electron chi connectivity index (χ0n) is 31.7. The topological polar surface area (TPSA) is 175 Å². The number of carbonyl (C=O) groups excluding carboxylic acids is 4. The second kappa shape index (κ2) is 20.8. The average molecular weight is 769 g/mol. The van der Waals surface area contributed by atoms with E-state index in [4.69, 9.17) is 9.47 Å². The number of ether oxygens (including phenoxy) is 2. The molecule has 4 aromatic carbocycles. The van der Waals surface area contributed by atoms with Crippen molar-refractivity contribution in [3.63, 3.8) is 0 Å². The summed E-state index contributed by atoms with van der Waals surface area (Å²) in [5, 5.41) is 10.9. The molecular formula is C42H52N4O8Si. The zero-order valence-corrected chi connectivity index (χ0v) is 32.7. The number of hydrogen-bond acceptors (Lipinski definition) is 8. The Bertz CT molecular complexity index is 1670. The lowest BCUT2D eigenvalue weighted by molar-refractivity contribution is -0.124. The molecule has 55 heavy (non-hydrogen) atoms. The highest BCUT2D eigenvalue weighted by molar-refractivity contribution is 6.68. The summed E-state index contributed by atoms with van der Waals surface area (Å²) < 4.78 is 10.8. The SMILES string of the molecule is CC(C)[C@H](NC(=O)OCc1ccccc1)C(=O)N[C@@H](Cc1ccccc1)[Si](O)(O)[C@H](Cc1ccccc1)NC(=O)[C@@H](NC(=O)OCc1ccccc1)C(C)C. The van der Waals surface area contributed by atoms with Gasteiger partial charge >= 0.3 is 20.7 Å². The van der Waals surface area contributed by atoms with Crippen LogP contribution in [0.1, 0.15) is 49.9 Å². The summed E-state index contributed by atoms with van der Waals surface area (Å²) >= 11 is 0. The van der Waals surface area contributed by atoms with E-state index < -0.39 is 67.8 Å². The maximum atomic E-state index is 14.0. The van der Waals surface area contributed by atoms with Crippen LogP contribution < -0.4 is 21.3 Å². The summed E-state index contributed by atoms with van der Waals surface area (Å²) in [6.45, 7) is 6.99. The number of amides is 4. The Balaban J connectivity index is 1.58. The Morgan fingerprint density at radius 2 is 0.782 bits per heavy atom. The molecule has 0 saturated heterocycles. The predicted molar refractivity (Wildman–Crippen MR) is 211 cm³/mol. The van der Waals surface area contributed by atoms with Crippen molar-refractivity contribution in [1.29, 1.82) is 0 Å². The highest BCUT2D eigenvalue weighted by Crippen LogP contribution is 2.19. The van der Waals surface area contributed by atoms with Gasteiger partial charge in [0.2, 0.25) is 11.8 Å². The fraction of sp³-hybridized carbons (Fsp3) is 0.333. The van der Waals surface area contributed by atoms with Crippen LogP contribution in [0.4, 0.5) is 9.59 Å². The Morgan fingerprint density at radius 3 is 1.07 bits per heavy atom. The van der Waals surface area contributed by atoms with Crippen molar-refractivity contribution in [3.05, 3.63) is 144 Å². The highest BCUT2D eigenvalue weighted by atomic mass is 28.4. The number of rotatable bonds is 18. The van der Waals surface area contributed by atoms with Gasteiger partial charge in [-0.25, -0.2) is 9.59 Å². The van der Waals surface area contributed by atoms with Gasteiger partial charge in [0.25, 0.3) is 0 Å². The van der Waals surface area contributed by atoms with E-state index in [2.05, 4.69) is 21.3 Å². The van der Waals surface area contributed by atoms with Crippen molar-refractivity contribution in [2.75, 3.05) is 0 Å². The normalized spacial score (nSPS) is 13.5. The van der Waals surface area contributed by atoms with Crippen LogP contribution in [0.15, 0.2) is 121 Å². The molecule has 4 atom stereocenters. The van der Waals surface area contributed by atoms with Crippen molar-refractivity contribution < 1.29 is 38.2 Å². The van der Waals surface area contributed by atoms with Gasteiger partial charge in [0.1, 0.15) is 25.3 Å². The van der Waals surface area contributed by atoms with Gasteiger partial charge in [-0.1, -0.05) is 149 Å². The molecule has 0 heterocycles. The summed E-state index contributed by atoms with van der Waals surface area (Å²) in [4.78, 5) is 78.4. The van der Waals surface area contributed by atoms with Gasteiger partial charge in [-0.05, 0) is 46.9 Å². The lowest BCUT2D eigenvalue weighted by atomic mass is 10.0. The average Bonchev–Trinajstić information content (AvgIpc) is 3.18. The second-order valence-electron chi connectivity index (χ2n) is 14.1. The van der Waals surface area contributed by atoms with E-state index in [1.807, 2.05) is 72.8 Å². The number of nitrogens with one attached hydrogen (secondary N) is 4. The molecular weight excluding hydrogens is 717 g/mol. The largest absolute Gasteiger partial charge is 0.445 e. The molecule has 4 rings (SSSR count). The van der Waals surface area contributed by atoms with Gasteiger partial charge in [0, 0.05) is 0 Å². The van der Waals surface area contributed by atoms with Gasteiger partial charge in [0.15, 0.2) is 0 Å². The third-order valence-corrected chi connectivity index (χ3v) is 11.8. The van der Waals surface area contributed by atoms with Gasteiger partial charge in [-0.15, -0.1) is 0 Å². The minimum atomic E-state index is -4.76. The summed E-state index contributed by atoms with van der Waals surface area (Å²) in [7, 11) is -4.76. The summed E-state index contributed by atoms with van der Waals surface area (Å²) in [6.07, 6.45) is -1.60. The Morgan fingerprint density at radius 1 is 0.491 bits per heavy atom. The number of hydrogen-bond donors (Lipinski definition) is 6. The van der Waals surface area contributed by atoms with Gasteiger partial charge in [-0.3, -0.25) is 9.59 Å². The maximum absolute atomic E-state index is 14.0. The molecule has 0 spiro atoms. The maximum Gasteiger partial charge on any atom is 0.408 e. The van der Waals surface area contributed by atoms with Gasteiger partial charge < -0.3 is 40.3 Å². The number of alkyl carbamates (subject to hydrolysis) is 2. The third-order valence-electron chi connectivity index (χ3n) is 9.09. The highest BCUT2D eigenvalue weighted by Gasteiger charge is 2.50. The first-order chi connectivity index (χ1) is 26.3. The molecule has 0 bridgehead atoms. The van der Waals surface area contributed by atoms with E-state index >= 15 is 0 Å². The molecule has 0 saturated carbocycles. The van der Waals surface area contributed by atoms with Crippen molar-refractivity contribution in [2.24, 2.45) is 11.8 Å². The number of benzene rings is 4. The standard InChI is InChI=1S/C42H52N4O8Si/c1-29(2)37(45-41(49)53-27-33-21-13-7-14-22-33)39(47)43-35(25-31-17-9-5-10-18-31)55(51,52)36(26-32-19-11-6-12-20-32)44-40(48)38(30(3)4)46-42(50)54-28-34-23-15-8-16-24-34/h5-24,29-30,35-38,51-52H,25-28H2,1-4H3,(H,43,47)(H,44,48)(H,45,49)(H,46,50)/t35-,36-,37+,38+/m1/s1. The fourth-order valence-electron chi connectivity index (χ4n) is 5.93. The smallest absolute Gasteiger partial charge is 0.408 e. The van der Waals surface area contributed by atoms with Crippen LogP contribution in [0.2, 0.25) is 0 Å². The van der Waals surface area contributed by atoms with Gasteiger partial charge in [-0.2, -0.15) is 0 Å². The molecule has 0 aliphatic carbocycles. The van der Waals surface area contributed by atoms with Crippen LogP contribution >= 0.6 is 0 Å². The predicted octanol–water partition coefficient (Wildman–Crippen LogP) is 4.85. The molecule has 0 radical (unpaired) electrons. The molecule has 6 N–H and O–H groups in total. The van der Waals surface area contributed by atoms with Crippen molar-refractivity contribution >= 4 is 32.6 Å². The lowest BCUT2D eigenvalue weighted by Gasteiger charge is -2.37. The van der Waals surface area contributed by atoms with E-state index in [0.717, 1.165) is 11.1 Å². The van der Waals surface area contributed by atoms with Crippen LogP contribution in [-0.2, 0) is 45.1 Å². The van der Waals surface area contributed by atoms with Crippen molar-refractivity contribution in [3.8, 4) is 0 Å². The molecule has 13 heteroatoms. The molecule has 0 fully saturated rings. The fourth-order valence-corrected chi connectivity index (χ4v) is 8.20. The summed E-state index contributed by atoms with van der Waals surface area (Å²) in [6, 6.07) is 34.1. The molecule has 0 aromatic heterocycles. The molecule has 4 aromatic rings. The van der Waals surface area contributed by atoms with Crippen LogP contribution in [0.25, 0.3) is 0 Å². The van der Waals surface area contributed by atoms with Crippen LogP contribution in [-0.4, -0.2) is 65.6 Å². The van der Waals surface area contributed by atoms with Crippen LogP contribution in [0.3, 0.4) is 0 Å². The number of carbonyl (C=O) groups is 4. The molecule has 0 aliphatic heterocycles.